The zero-order chi connectivity index (χ0) is 15.0. The van der Waals surface area contributed by atoms with Gasteiger partial charge in [-0.15, -0.1) is 0 Å². The predicted molar refractivity (Wildman–Crippen MR) is 74.4 cm³/mol. The van der Waals surface area contributed by atoms with Gasteiger partial charge in [0.1, 0.15) is 0 Å². The lowest BCUT2D eigenvalue weighted by Gasteiger charge is -2.05. The first-order valence-electron chi connectivity index (χ1n) is 6.33. The fraction of sp³-hybridized carbons (Fsp3) is 0.133. The first-order valence-corrected chi connectivity index (χ1v) is 6.33. The third-order valence-corrected chi connectivity index (χ3v) is 3.28. The highest BCUT2D eigenvalue weighted by atomic mass is 19.4. The fourth-order valence-electron chi connectivity index (χ4n) is 2.15. The van der Waals surface area contributed by atoms with Gasteiger partial charge in [-0.3, -0.25) is 4.98 Å². The van der Waals surface area contributed by atoms with Gasteiger partial charge in [-0.1, -0.05) is 6.07 Å². The van der Waals surface area contributed by atoms with Crippen molar-refractivity contribution in [1.29, 1.82) is 0 Å². The fourth-order valence-corrected chi connectivity index (χ4v) is 2.15. The Balaban J connectivity index is 2.04. The highest BCUT2D eigenvalue weighted by Gasteiger charge is 2.30. The van der Waals surface area contributed by atoms with Crippen LogP contribution in [-0.4, -0.2) is 9.97 Å². The van der Waals surface area contributed by atoms with E-state index in [4.69, 9.17) is 5.73 Å². The van der Waals surface area contributed by atoms with Crippen molar-refractivity contribution in [1.82, 2.24) is 9.97 Å². The van der Waals surface area contributed by atoms with Gasteiger partial charge >= 0.3 is 6.18 Å². The average molecular weight is 291 g/mol. The van der Waals surface area contributed by atoms with Gasteiger partial charge in [0.05, 0.1) is 17.0 Å². The van der Waals surface area contributed by atoms with Crippen LogP contribution in [0.3, 0.4) is 0 Å². The van der Waals surface area contributed by atoms with Crippen LogP contribution < -0.4 is 5.73 Å². The lowest BCUT2D eigenvalue weighted by atomic mass is 10.1. The Morgan fingerprint density at radius 3 is 2.52 bits per heavy atom. The zero-order valence-electron chi connectivity index (χ0n) is 10.9. The van der Waals surface area contributed by atoms with E-state index < -0.39 is 11.7 Å². The van der Waals surface area contributed by atoms with E-state index in [9.17, 15) is 13.2 Å². The van der Waals surface area contributed by atoms with E-state index in [1.54, 1.807) is 18.3 Å². The molecule has 3 aromatic rings. The SMILES string of the molecule is NCc1ccc(-c2cc3cc(C(F)(F)F)ccc3[nH]2)nc1. The number of pyridine rings is 1. The van der Waals surface area contributed by atoms with E-state index in [-0.39, 0.29) is 0 Å². The number of nitrogens with zero attached hydrogens (tertiary/aromatic N) is 1. The Bertz CT molecular complexity index is 773. The smallest absolute Gasteiger partial charge is 0.353 e. The van der Waals surface area contributed by atoms with Gasteiger partial charge in [0.2, 0.25) is 0 Å². The van der Waals surface area contributed by atoms with E-state index >= 15 is 0 Å². The number of hydrogen-bond donors (Lipinski definition) is 2. The number of nitrogens with one attached hydrogen (secondary N) is 1. The molecule has 108 valence electrons. The monoisotopic (exact) mass is 291 g/mol. The van der Waals surface area contributed by atoms with Gasteiger partial charge in [-0.2, -0.15) is 13.2 Å². The van der Waals surface area contributed by atoms with E-state index in [1.165, 1.54) is 6.07 Å². The molecule has 0 amide bonds. The van der Waals surface area contributed by atoms with Crippen molar-refractivity contribution in [3.63, 3.8) is 0 Å². The van der Waals surface area contributed by atoms with E-state index in [1.807, 2.05) is 6.07 Å². The second-order valence-corrected chi connectivity index (χ2v) is 4.74. The quantitative estimate of drug-likeness (QED) is 0.756. The molecule has 0 bridgehead atoms. The Morgan fingerprint density at radius 1 is 1.10 bits per heavy atom. The Hall–Kier alpha value is -2.34. The normalized spacial score (nSPS) is 12.0. The summed E-state index contributed by atoms with van der Waals surface area (Å²) in [5.41, 5.74) is 7.72. The number of benzene rings is 1. The Kier molecular flexibility index (Phi) is 3.17. The van der Waals surface area contributed by atoms with Crippen LogP contribution in [0.4, 0.5) is 13.2 Å². The molecule has 3 nitrogen and oxygen atoms in total. The third-order valence-electron chi connectivity index (χ3n) is 3.28. The lowest BCUT2D eigenvalue weighted by Crippen LogP contribution is -2.03. The summed E-state index contributed by atoms with van der Waals surface area (Å²) in [6.45, 7) is 0.398. The minimum atomic E-state index is -4.34. The van der Waals surface area contributed by atoms with Crippen LogP contribution in [-0.2, 0) is 12.7 Å². The summed E-state index contributed by atoms with van der Waals surface area (Å²) < 4.78 is 38.1. The molecule has 0 atom stereocenters. The zero-order valence-corrected chi connectivity index (χ0v) is 10.9. The first kappa shape index (κ1) is 13.6. The minimum absolute atomic E-state index is 0.398. The molecule has 0 aliphatic carbocycles. The molecule has 0 unspecified atom stereocenters. The van der Waals surface area contributed by atoms with Crippen LogP contribution in [0.2, 0.25) is 0 Å². The molecule has 0 fully saturated rings. The maximum Gasteiger partial charge on any atom is 0.416 e. The van der Waals surface area contributed by atoms with Crippen molar-refractivity contribution < 1.29 is 13.2 Å². The van der Waals surface area contributed by atoms with Crippen molar-refractivity contribution in [3.05, 3.63) is 53.7 Å². The maximum atomic E-state index is 12.7. The molecule has 6 heteroatoms. The minimum Gasteiger partial charge on any atom is -0.353 e. The number of aromatic nitrogens is 2. The molecular formula is C15H12F3N3. The van der Waals surface area contributed by atoms with Gasteiger partial charge < -0.3 is 10.7 Å². The number of halogens is 3. The van der Waals surface area contributed by atoms with E-state index in [0.29, 0.717) is 28.8 Å². The van der Waals surface area contributed by atoms with Gasteiger partial charge in [-0.05, 0) is 35.9 Å². The molecule has 3 rings (SSSR count). The average Bonchev–Trinajstić information content (AvgIpc) is 2.89. The summed E-state index contributed by atoms with van der Waals surface area (Å²) in [4.78, 5) is 7.32. The number of fused-ring (bicyclic) bond motifs is 1. The first-order chi connectivity index (χ1) is 9.97. The summed E-state index contributed by atoms with van der Waals surface area (Å²) >= 11 is 0. The molecule has 0 radical (unpaired) electrons. The van der Waals surface area contributed by atoms with Gasteiger partial charge in [0.25, 0.3) is 0 Å². The number of aromatic amines is 1. The summed E-state index contributed by atoms with van der Waals surface area (Å²) in [5.74, 6) is 0. The van der Waals surface area contributed by atoms with Crippen LogP contribution in [0.5, 0.6) is 0 Å². The standard InChI is InChI=1S/C15H12F3N3/c16-15(17,18)11-2-4-12-10(5-11)6-14(21-12)13-3-1-9(7-19)8-20-13/h1-6,8,21H,7,19H2. The van der Waals surface area contributed by atoms with Crippen LogP contribution in [0.25, 0.3) is 22.3 Å². The Labute approximate surface area is 118 Å². The summed E-state index contributed by atoms with van der Waals surface area (Å²) in [5, 5.41) is 0.504. The lowest BCUT2D eigenvalue weighted by molar-refractivity contribution is -0.137. The maximum absolute atomic E-state index is 12.7. The topological polar surface area (TPSA) is 54.7 Å². The molecule has 0 spiro atoms. The summed E-state index contributed by atoms with van der Waals surface area (Å²) in [6, 6.07) is 8.91. The molecule has 0 saturated heterocycles. The second kappa shape index (κ2) is 4.89. The molecule has 0 saturated carbocycles. The predicted octanol–water partition coefficient (Wildman–Crippen LogP) is 3.71. The van der Waals surface area contributed by atoms with Crippen LogP contribution in [0.15, 0.2) is 42.6 Å². The highest BCUT2D eigenvalue weighted by Crippen LogP contribution is 2.32. The Morgan fingerprint density at radius 2 is 1.90 bits per heavy atom. The summed E-state index contributed by atoms with van der Waals surface area (Å²) in [7, 11) is 0. The van der Waals surface area contributed by atoms with E-state index in [0.717, 1.165) is 17.7 Å². The van der Waals surface area contributed by atoms with Crippen molar-refractivity contribution >= 4 is 10.9 Å². The molecule has 2 heterocycles. The van der Waals surface area contributed by atoms with Crippen molar-refractivity contribution in [2.45, 2.75) is 12.7 Å². The number of H-pyrrole nitrogens is 1. The van der Waals surface area contributed by atoms with Gasteiger partial charge in [0, 0.05) is 23.6 Å². The van der Waals surface area contributed by atoms with Crippen LogP contribution in [0, 0.1) is 0 Å². The molecule has 0 aliphatic heterocycles. The summed E-state index contributed by atoms with van der Waals surface area (Å²) in [6.07, 6.45) is -2.69. The second-order valence-electron chi connectivity index (χ2n) is 4.74. The van der Waals surface area contributed by atoms with Crippen molar-refractivity contribution in [2.24, 2.45) is 5.73 Å². The number of alkyl halides is 3. The number of hydrogen-bond acceptors (Lipinski definition) is 2. The van der Waals surface area contributed by atoms with Crippen LogP contribution >= 0.6 is 0 Å². The molecule has 0 aliphatic rings. The molecular weight excluding hydrogens is 279 g/mol. The number of nitrogens with two attached hydrogens (primary N) is 1. The molecule has 21 heavy (non-hydrogen) atoms. The molecule has 1 aromatic carbocycles. The van der Waals surface area contributed by atoms with Crippen molar-refractivity contribution in [3.8, 4) is 11.4 Å². The van der Waals surface area contributed by atoms with Gasteiger partial charge in [0.15, 0.2) is 0 Å². The van der Waals surface area contributed by atoms with Gasteiger partial charge in [-0.25, -0.2) is 0 Å². The number of rotatable bonds is 2. The van der Waals surface area contributed by atoms with E-state index in [2.05, 4.69) is 9.97 Å². The molecule has 2 aromatic heterocycles. The van der Waals surface area contributed by atoms with Crippen LogP contribution in [0.1, 0.15) is 11.1 Å². The third kappa shape index (κ3) is 2.62. The highest BCUT2D eigenvalue weighted by molar-refractivity contribution is 5.85. The molecule has 3 N–H and O–H groups in total. The largest absolute Gasteiger partial charge is 0.416 e. The van der Waals surface area contributed by atoms with Crippen molar-refractivity contribution in [2.75, 3.05) is 0 Å².